The summed E-state index contributed by atoms with van der Waals surface area (Å²) in [7, 11) is 0. The molecule has 0 atom stereocenters. The summed E-state index contributed by atoms with van der Waals surface area (Å²) in [5.74, 6) is 1.54. The molecule has 1 N–H and O–H groups in total. The monoisotopic (exact) mass is 1250 g/mol. The Morgan fingerprint density at radius 3 is 1.83 bits per heavy atom. The van der Waals surface area contributed by atoms with Gasteiger partial charge in [0.1, 0.15) is 5.82 Å². The summed E-state index contributed by atoms with van der Waals surface area (Å²) in [6, 6.07) is 66.5. The molecule has 9 aromatic rings. The summed E-state index contributed by atoms with van der Waals surface area (Å²) in [5, 5.41) is 3.57. The minimum atomic E-state index is -2.38. The first kappa shape index (κ1) is 53.1. The molecule has 11 rings (SSSR count). The second-order valence-corrected chi connectivity index (χ2v) is 26.4. The Labute approximate surface area is 502 Å². The van der Waals surface area contributed by atoms with Gasteiger partial charge >= 0.3 is 0 Å². The van der Waals surface area contributed by atoms with Crippen LogP contribution in [0.3, 0.4) is 0 Å². The predicted molar refractivity (Wildman–Crippen MR) is 337 cm³/mol. The summed E-state index contributed by atoms with van der Waals surface area (Å²) < 4.78 is 32.8. The molecular formula is C75H77N4OPt-3. The van der Waals surface area contributed by atoms with Gasteiger partial charge in [0, 0.05) is 82.3 Å². The third kappa shape index (κ3) is 11.5. The van der Waals surface area contributed by atoms with Gasteiger partial charge in [-0.1, -0.05) is 205 Å². The Balaban J connectivity index is 0.00000786. The number of nitrogens with zero attached hydrogens (tertiary/aromatic N) is 3. The van der Waals surface area contributed by atoms with Crippen molar-refractivity contribution in [1.29, 1.82) is 0 Å². The van der Waals surface area contributed by atoms with Crippen LogP contribution in [0.25, 0.3) is 44.5 Å². The van der Waals surface area contributed by atoms with Gasteiger partial charge in [0.2, 0.25) is 0 Å². The quantitative estimate of drug-likeness (QED) is 0.138. The van der Waals surface area contributed by atoms with E-state index in [4.69, 9.17) is 13.8 Å². The number of nitrogens with one attached hydrogen (secondary N) is 1. The molecule has 416 valence electrons. The molecule has 0 amide bonds. The topological polar surface area (TPSA) is 40.6 Å². The molecule has 1 aliphatic carbocycles. The van der Waals surface area contributed by atoms with Crippen LogP contribution in [0.1, 0.15) is 140 Å². The summed E-state index contributed by atoms with van der Waals surface area (Å²) in [5.41, 5.74) is 19.0. The van der Waals surface area contributed by atoms with E-state index < -0.39 is 6.85 Å². The van der Waals surface area contributed by atoms with Crippen LogP contribution in [-0.2, 0) is 48.1 Å². The minimum Gasteiger partial charge on any atom is -0.509 e. The van der Waals surface area contributed by atoms with Crippen molar-refractivity contribution in [2.75, 3.05) is 15.1 Å². The molecule has 0 saturated heterocycles. The Hall–Kier alpha value is -7.20. The Morgan fingerprint density at radius 2 is 1.17 bits per heavy atom. The molecule has 2 aliphatic rings. The molecule has 0 bridgehead atoms. The van der Waals surface area contributed by atoms with E-state index in [0.29, 0.717) is 22.9 Å². The first-order valence-electron chi connectivity index (χ1n) is 29.8. The van der Waals surface area contributed by atoms with E-state index >= 15 is 0 Å². The Kier molecular flexibility index (Phi) is 14.2. The van der Waals surface area contributed by atoms with Crippen molar-refractivity contribution in [3.8, 4) is 56.0 Å². The van der Waals surface area contributed by atoms with Crippen molar-refractivity contribution in [1.82, 2.24) is 4.98 Å². The second-order valence-electron chi connectivity index (χ2n) is 26.4. The summed E-state index contributed by atoms with van der Waals surface area (Å²) >= 11 is 0. The zero-order valence-electron chi connectivity index (χ0n) is 52.3. The zero-order valence-corrected chi connectivity index (χ0v) is 51.6. The van der Waals surface area contributed by atoms with Crippen molar-refractivity contribution in [3.05, 3.63) is 228 Å². The van der Waals surface area contributed by atoms with Gasteiger partial charge in [0.05, 0.1) is 0 Å². The third-order valence-electron chi connectivity index (χ3n) is 16.5. The summed E-state index contributed by atoms with van der Waals surface area (Å²) in [6.45, 7) is 29.3. The molecule has 81 heavy (non-hydrogen) atoms. The number of fused-ring (bicyclic) bond motifs is 2. The fourth-order valence-electron chi connectivity index (χ4n) is 11.4. The SMILES string of the molecule is [2H]C([2H])([2H])c1cc(Nc2cc(C(C)(C)C)ccc2-c2c[c-]c(Oc3[c-]c(N4[CH-]N(c5c(-c6ccccc6)cccc5-c5cc(C(C)(C)C)cc(C(C)(C)C)c5)c5ccccc54)ccc3)cc2)ncc1-c1ccc2c(c1)C(C)(C)CCC2(C)C.[Pt]. The van der Waals surface area contributed by atoms with Crippen molar-refractivity contribution in [2.45, 2.75) is 137 Å². The van der Waals surface area contributed by atoms with Gasteiger partial charge in [-0.05, 0) is 121 Å². The molecule has 0 spiro atoms. The number of para-hydroxylation sites is 3. The molecule has 0 unspecified atom stereocenters. The van der Waals surface area contributed by atoms with Gasteiger partial charge < -0.3 is 19.9 Å². The fourth-order valence-corrected chi connectivity index (χ4v) is 11.4. The van der Waals surface area contributed by atoms with Crippen LogP contribution in [0.15, 0.2) is 176 Å². The van der Waals surface area contributed by atoms with E-state index in [1.807, 2.05) is 30.3 Å². The largest absolute Gasteiger partial charge is 0.509 e. The van der Waals surface area contributed by atoms with Crippen molar-refractivity contribution >= 4 is 34.3 Å². The van der Waals surface area contributed by atoms with Crippen LogP contribution < -0.4 is 19.9 Å². The standard InChI is InChI=1S/C75H77N4O.Pt/c1-49-40-69(76-47-63(49)52-32-37-64-65(43-52)75(13,14)39-38-74(64,11)12)77-66-45-54(71(2,3)4)33-36-60(66)51-30-34-58(35-31-51)80-59-25-20-24-57(46-59)78-48-79(68-29-19-18-28-67(68)78)70-61(50-22-16-15-17-23-50)26-21-27-62(70)53-41-55(72(5,6)7)44-56(42-53)73(8,9)10;/h15-34,36-37,40-45,47-48H,38-39H2,1-14H3,(H,76,77);/q-3;/i1D3;. The normalized spacial score (nSPS) is 15.4. The predicted octanol–water partition coefficient (Wildman–Crippen LogP) is 20.8. The maximum absolute atomic E-state index is 8.75. The van der Waals surface area contributed by atoms with Crippen LogP contribution in [0.5, 0.6) is 11.5 Å². The van der Waals surface area contributed by atoms with Crippen molar-refractivity contribution in [3.63, 3.8) is 0 Å². The molecular weight excluding hydrogens is 1170 g/mol. The molecule has 0 radical (unpaired) electrons. The number of aromatic nitrogens is 1. The molecule has 6 heteroatoms. The number of hydrogen-bond acceptors (Lipinski definition) is 5. The van der Waals surface area contributed by atoms with Crippen LogP contribution in [0.2, 0.25) is 0 Å². The molecule has 5 nitrogen and oxygen atoms in total. The molecule has 0 fully saturated rings. The maximum atomic E-state index is 8.75. The number of aryl methyl sites for hydroxylation is 1. The van der Waals surface area contributed by atoms with E-state index in [1.165, 1.54) is 27.8 Å². The van der Waals surface area contributed by atoms with Crippen molar-refractivity contribution in [2.24, 2.45) is 0 Å². The van der Waals surface area contributed by atoms with E-state index in [0.717, 1.165) is 80.2 Å². The maximum Gasteiger partial charge on any atom is 0.130 e. The number of benzene rings is 8. The Bertz CT molecular complexity index is 3870. The van der Waals surface area contributed by atoms with E-state index in [1.54, 1.807) is 12.3 Å². The van der Waals surface area contributed by atoms with Gasteiger partial charge in [0.25, 0.3) is 0 Å². The number of pyridine rings is 1. The van der Waals surface area contributed by atoms with Crippen LogP contribution in [0.4, 0.5) is 34.3 Å². The first-order valence-corrected chi connectivity index (χ1v) is 28.3. The number of hydrogen-bond donors (Lipinski definition) is 1. The molecule has 0 saturated carbocycles. The molecule has 8 aromatic carbocycles. The second kappa shape index (κ2) is 21.6. The number of rotatable bonds is 10. The first-order chi connectivity index (χ1) is 39.1. The van der Waals surface area contributed by atoms with Crippen molar-refractivity contribution < 1.29 is 29.9 Å². The van der Waals surface area contributed by atoms with E-state index in [2.05, 4.69) is 257 Å². The van der Waals surface area contributed by atoms with Gasteiger partial charge in [-0.3, -0.25) is 0 Å². The zero-order chi connectivity index (χ0) is 59.0. The fraction of sp³-hybridized carbons (Fsp3) is 0.280. The smallest absolute Gasteiger partial charge is 0.130 e. The molecule has 1 aliphatic heterocycles. The third-order valence-corrected chi connectivity index (χ3v) is 16.5. The minimum absolute atomic E-state index is 0. The average molecular weight is 1250 g/mol. The van der Waals surface area contributed by atoms with Gasteiger partial charge in [-0.15, -0.1) is 48.3 Å². The summed E-state index contributed by atoms with van der Waals surface area (Å²) in [4.78, 5) is 9.44. The van der Waals surface area contributed by atoms with Crippen LogP contribution in [0, 0.1) is 25.7 Å². The molecule has 1 aromatic heterocycles. The van der Waals surface area contributed by atoms with Crippen LogP contribution in [-0.4, -0.2) is 4.98 Å². The van der Waals surface area contributed by atoms with E-state index in [9.17, 15) is 0 Å². The van der Waals surface area contributed by atoms with Gasteiger partial charge in [0.15, 0.2) is 0 Å². The van der Waals surface area contributed by atoms with Gasteiger partial charge in [-0.2, -0.15) is 18.2 Å². The number of anilines is 6. The molecule has 2 heterocycles. The van der Waals surface area contributed by atoms with Crippen LogP contribution >= 0.6 is 0 Å². The summed E-state index contributed by atoms with van der Waals surface area (Å²) in [6.07, 6.45) is 3.89. The number of ether oxygens (including phenoxy) is 1. The van der Waals surface area contributed by atoms with E-state index in [-0.39, 0.29) is 53.7 Å². The Morgan fingerprint density at radius 1 is 0.543 bits per heavy atom. The average Bonchev–Trinajstić information content (AvgIpc) is 1.42. The van der Waals surface area contributed by atoms with Gasteiger partial charge in [-0.25, -0.2) is 4.98 Å².